The molecule has 1 N–H and O–H groups in total. The summed E-state index contributed by atoms with van der Waals surface area (Å²) in [6, 6.07) is 10.8. The van der Waals surface area contributed by atoms with Crippen LogP contribution in [0.5, 0.6) is 0 Å². The third kappa shape index (κ3) is 4.10. The van der Waals surface area contributed by atoms with Crippen LogP contribution in [0.1, 0.15) is 24.9 Å². The first-order chi connectivity index (χ1) is 9.66. The lowest BCUT2D eigenvalue weighted by molar-refractivity contribution is 0.558. The lowest BCUT2D eigenvalue weighted by Gasteiger charge is -2.20. The summed E-state index contributed by atoms with van der Waals surface area (Å²) in [4.78, 5) is 2.29. The zero-order valence-electron chi connectivity index (χ0n) is 12.6. The van der Waals surface area contributed by atoms with E-state index in [1.807, 2.05) is 17.9 Å². The Bertz CT molecular complexity index is 506. The molecule has 0 fully saturated rings. The minimum atomic E-state index is 0.353. The smallest absolute Gasteiger partial charge is 0.0537 e. The van der Waals surface area contributed by atoms with Gasteiger partial charge in [0.1, 0.15) is 0 Å². The molecule has 0 saturated carbocycles. The highest BCUT2D eigenvalue weighted by Crippen LogP contribution is 2.12. The van der Waals surface area contributed by atoms with E-state index >= 15 is 0 Å². The van der Waals surface area contributed by atoms with E-state index in [0.29, 0.717) is 6.04 Å². The quantitative estimate of drug-likeness (QED) is 0.787. The van der Waals surface area contributed by atoms with Crippen molar-refractivity contribution in [1.82, 2.24) is 15.1 Å². The number of nitrogens with one attached hydrogen (secondary N) is 1. The summed E-state index contributed by atoms with van der Waals surface area (Å²) >= 11 is 0. The van der Waals surface area contributed by atoms with Gasteiger partial charge in [-0.05, 0) is 32.0 Å². The van der Waals surface area contributed by atoms with Crippen molar-refractivity contribution in [3.8, 4) is 0 Å². The number of nitrogens with zero attached hydrogens (tertiary/aromatic N) is 3. The molecule has 0 bridgehead atoms. The van der Waals surface area contributed by atoms with Crippen molar-refractivity contribution in [1.29, 1.82) is 0 Å². The summed E-state index contributed by atoms with van der Waals surface area (Å²) in [6.45, 7) is 4.24. The van der Waals surface area contributed by atoms with Crippen LogP contribution in [0.25, 0.3) is 0 Å². The minimum Gasteiger partial charge on any atom is -0.375 e. The van der Waals surface area contributed by atoms with Crippen molar-refractivity contribution in [3.63, 3.8) is 0 Å². The summed E-state index contributed by atoms with van der Waals surface area (Å²) in [6.07, 6.45) is 5.11. The molecule has 0 saturated heterocycles. The maximum absolute atomic E-state index is 4.20. The lowest BCUT2D eigenvalue weighted by atomic mass is 10.2. The highest BCUT2D eigenvalue weighted by atomic mass is 15.2. The van der Waals surface area contributed by atoms with Gasteiger partial charge >= 0.3 is 0 Å². The molecular formula is C16H24N4. The van der Waals surface area contributed by atoms with Crippen LogP contribution < -0.4 is 10.2 Å². The average molecular weight is 272 g/mol. The lowest BCUT2D eigenvalue weighted by Crippen LogP contribution is -2.25. The van der Waals surface area contributed by atoms with E-state index in [0.717, 1.165) is 19.5 Å². The van der Waals surface area contributed by atoms with Gasteiger partial charge in [0, 0.05) is 44.1 Å². The summed E-state index contributed by atoms with van der Waals surface area (Å²) in [7, 11) is 4.09. The maximum atomic E-state index is 4.20. The first kappa shape index (κ1) is 14.6. The second-order valence-corrected chi connectivity index (χ2v) is 5.23. The Hall–Kier alpha value is -1.81. The molecule has 0 aliphatic carbocycles. The second-order valence-electron chi connectivity index (χ2n) is 5.23. The van der Waals surface area contributed by atoms with E-state index in [1.54, 1.807) is 0 Å². The van der Waals surface area contributed by atoms with Gasteiger partial charge < -0.3 is 10.2 Å². The number of hydrogen-bond donors (Lipinski definition) is 1. The fourth-order valence-electron chi connectivity index (χ4n) is 2.23. The molecule has 2 rings (SSSR count). The first-order valence-electron chi connectivity index (χ1n) is 7.15. The third-order valence-electron chi connectivity index (χ3n) is 3.54. The third-order valence-corrected chi connectivity index (χ3v) is 3.54. The van der Waals surface area contributed by atoms with Gasteiger partial charge in [-0.15, -0.1) is 0 Å². The van der Waals surface area contributed by atoms with Gasteiger partial charge in [0.25, 0.3) is 0 Å². The van der Waals surface area contributed by atoms with E-state index in [9.17, 15) is 0 Å². The van der Waals surface area contributed by atoms with Crippen molar-refractivity contribution in [2.45, 2.75) is 19.4 Å². The molecule has 0 aliphatic heterocycles. The van der Waals surface area contributed by atoms with Gasteiger partial charge in [0.15, 0.2) is 0 Å². The van der Waals surface area contributed by atoms with E-state index in [4.69, 9.17) is 0 Å². The van der Waals surface area contributed by atoms with Gasteiger partial charge in [-0.1, -0.05) is 18.2 Å². The highest BCUT2D eigenvalue weighted by molar-refractivity contribution is 5.44. The number of aryl methyl sites for hydroxylation is 1. The Balaban J connectivity index is 1.69. The fraction of sp³-hybridized carbons (Fsp3) is 0.438. The van der Waals surface area contributed by atoms with Crippen LogP contribution in [0.2, 0.25) is 0 Å². The number of anilines is 1. The van der Waals surface area contributed by atoms with E-state index in [2.05, 4.69) is 65.8 Å². The Morgan fingerprint density at radius 1 is 1.30 bits per heavy atom. The molecule has 4 nitrogen and oxygen atoms in total. The number of hydrogen-bond acceptors (Lipinski definition) is 3. The van der Waals surface area contributed by atoms with Crippen molar-refractivity contribution in [3.05, 3.63) is 48.3 Å². The zero-order chi connectivity index (χ0) is 14.4. The zero-order valence-corrected chi connectivity index (χ0v) is 12.6. The van der Waals surface area contributed by atoms with Gasteiger partial charge in [-0.3, -0.25) is 4.68 Å². The van der Waals surface area contributed by atoms with Crippen LogP contribution in [0, 0.1) is 0 Å². The molecule has 1 heterocycles. The van der Waals surface area contributed by atoms with Gasteiger partial charge in [0.2, 0.25) is 0 Å². The minimum absolute atomic E-state index is 0.353. The predicted molar refractivity (Wildman–Crippen MR) is 84.0 cm³/mol. The van der Waals surface area contributed by atoms with Gasteiger partial charge in [0.05, 0.1) is 6.20 Å². The Kier molecular flexibility index (Phi) is 5.18. The molecule has 2 aromatic rings. The SMILES string of the molecule is CC(NCCCN(C)c1ccccc1)c1cnn(C)c1. The van der Waals surface area contributed by atoms with Crippen molar-refractivity contribution in [2.75, 3.05) is 25.0 Å². The first-order valence-corrected chi connectivity index (χ1v) is 7.15. The fourth-order valence-corrected chi connectivity index (χ4v) is 2.23. The number of rotatable bonds is 7. The topological polar surface area (TPSA) is 33.1 Å². The molecule has 0 aliphatic rings. The molecule has 0 radical (unpaired) electrons. The number of aromatic nitrogens is 2. The normalized spacial score (nSPS) is 12.3. The molecular weight excluding hydrogens is 248 g/mol. The Labute approximate surface area is 121 Å². The van der Waals surface area contributed by atoms with Crippen LogP contribution >= 0.6 is 0 Å². The summed E-state index contributed by atoms with van der Waals surface area (Å²) < 4.78 is 1.84. The molecule has 0 amide bonds. The molecule has 1 atom stereocenters. The highest BCUT2D eigenvalue weighted by Gasteiger charge is 2.06. The molecule has 1 unspecified atom stereocenters. The van der Waals surface area contributed by atoms with Crippen molar-refractivity contribution >= 4 is 5.69 Å². The molecule has 0 spiro atoms. The van der Waals surface area contributed by atoms with Crippen LogP contribution in [0.3, 0.4) is 0 Å². The second kappa shape index (κ2) is 7.10. The van der Waals surface area contributed by atoms with Crippen molar-refractivity contribution < 1.29 is 0 Å². The Morgan fingerprint density at radius 3 is 2.70 bits per heavy atom. The van der Waals surface area contributed by atoms with Gasteiger partial charge in [-0.2, -0.15) is 5.10 Å². The number of para-hydroxylation sites is 1. The number of benzene rings is 1. The average Bonchev–Trinajstić information content (AvgIpc) is 2.91. The van der Waals surface area contributed by atoms with Crippen LogP contribution in [0.4, 0.5) is 5.69 Å². The van der Waals surface area contributed by atoms with Crippen LogP contribution in [-0.2, 0) is 7.05 Å². The summed E-state index contributed by atoms with van der Waals surface area (Å²) in [5.74, 6) is 0. The molecule has 1 aromatic carbocycles. The summed E-state index contributed by atoms with van der Waals surface area (Å²) in [5, 5.41) is 7.74. The van der Waals surface area contributed by atoms with Crippen LogP contribution in [-0.4, -0.2) is 29.9 Å². The largest absolute Gasteiger partial charge is 0.375 e. The molecule has 1 aromatic heterocycles. The molecule has 4 heteroatoms. The van der Waals surface area contributed by atoms with Crippen molar-refractivity contribution in [2.24, 2.45) is 7.05 Å². The van der Waals surface area contributed by atoms with E-state index in [-0.39, 0.29) is 0 Å². The van der Waals surface area contributed by atoms with E-state index in [1.165, 1.54) is 11.3 Å². The maximum Gasteiger partial charge on any atom is 0.0537 e. The van der Waals surface area contributed by atoms with E-state index < -0.39 is 0 Å². The summed E-state index contributed by atoms with van der Waals surface area (Å²) in [5.41, 5.74) is 2.51. The molecule has 108 valence electrons. The Morgan fingerprint density at radius 2 is 2.05 bits per heavy atom. The standard InChI is InChI=1S/C16H24N4/c1-14(15-12-18-20(3)13-15)17-10-7-11-19(2)16-8-5-4-6-9-16/h4-6,8-9,12-14,17H,7,10-11H2,1-3H3. The predicted octanol–water partition coefficient (Wildman–Crippen LogP) is 2.60. The molecule has 20 heavy (non-hydrogen) atoms. The van der Waals surface area contributed by atoms with Gasteiger partial charge in [-0.25, -0.2) is 0 Å². The monoisotopic (exact) mass is 272 g/mol. The van der Waals surface area contributed by atoms with Crippen LogP contribution in [0.15, 0.2) is 42.7 Å².